The van der Waals surface area contributed by atoms with Crippen molar-refractivity contribution in [3.05, 3.63) is 58.4 Å². The van der Waals surface area contributed by atoms with Gasteiger partial charge in [-0.25, -0.2) is 0 Å². The van der Waals surface area contributed by atoms with Crippen molar-refractivity contribution in [2.75, 3.05) is 11.1 Å². The highest BCUT2D eigenvalue weighted by molar-refractivity contribution is 7.99. The number of carbonyl (C=O) groups is 1. The molecular weight excluding hydrogens is 425 g/mol. The van der Waals surface area contributed by atoms with Crippen LogP contribution in [0.5, 0.6) is 0 Å². The molecule has 1 aromatic carbocycles. The van der Waals surface area contributed by atoms with Crippen molar-refractivity contribution < 1.29 is 22.9 Å². The number of nitro groups is 1. The molecule has 0 radical (unpaired) electrons. The van der Waals surface area contributed by atoms with Crippen LogP contribution in [-0.4, -0.2) is 36.3 Å². The highest BCUT2D eigenvalue weighted by Crippen LogP contribution is 2.37. The van der Waals surface area contributed by atoms with Crippen LogP contribution in [0, 0.1) is 10.1 Å². The Morgan fingerprint density at radius 1 is 1.23 bits per heavy atom. The zero-order valence-corrected chi connectivity index (χ0v) is 16.1. The van der Waals surface area contributed by atoms with Crippen molar-refractivity contribution in [3.8, 4) is 11.4 Å². The number of aromatic nitrogens is 4. The minimum atomic E-state index is -4.87. The lowest BCUT2D eigenvalue weighted by atomic mass is 10.1. The topological polar surface area (TPSA) is 116 Å². The Balaban J connectivity index is 1.71. The van der Waals surface area contributed by atoms with E-state index >= 15 is 0 Å². The van der Waals surface area contributed by atoms with Gasteiger partial charge in [-0.2, -0.15) is 13.2 Å². The number of alkyl halides is 3. The van der Waals surface area contributed by atoms with Crippen LogP contribution in [0.3, 0.4) is 0 Å². The van der Waals surface area contributed by atoms with Crippen LogP contribution >= 0.6 is 11.8 Å². The highest BCUT2D eigenvalue weighted by atomic mass is 32.2. The maximum atomic E-state index is 13.2. The molecule has 0 aliphatic rings. The molecule has 0 unspecified atom stereocenters. The van der Waals surface area contributed by atoms with Gasteiger partial charge >= 0.3 is 6.18 Å². The lowest BCUT2D eigenvalue weighted by Crippen LogP contribution is -2.18. The lowest BCUT2D eigenvalue weighted by Gasteiger charge is -2.13. The van der Waals surface area contributed by atoms with Crippen molar-refractivity contribution >= 4 is 29.0 Å². The number of hydrogen-bond donors (Lipinski definition) is 1. The fourth-order valence-electron chi connectivity index (χ4n) is 2.50. The molecule has 9 nitrogen and oxygen atoms in total. The summed E-state index contributed by atoms with van der Waals surface area (Å²) >= 11 is 0.983. The van der Waals surface area contributed by atoms with Gasteiger partial charge in [0, 0.05) is 37.1 Å². The summed E-state index contributed by atoms with van der Waals surface area (Å²) in [6, 6.07) is 5.60. The van der Waals surface area contributed by atoms with Crippen molar-refractivity contribution in [2.45, 2.75) is 11.3 Å². The van der Waals surface area contributed by atoms with E-state index in [2.05, 4.69) is 20.5 Å². The maximum absolute atomic E-state index is 13.2. The van der Waals surface area contributed by atoms with E-state index in [1.165, 1.54) is 0 Å². The molecule has 0 fully saturated rings. The number of amides is 1. The zero-order valence-electron chi connectivity index (χ0n) is 15.3. The zero-order chi connectivity index (χ0) is 21.9. The van der Waals surface area contributed by atoms with Crippen molar-refractivity contribution in [1.29, 1.82) is 0 Å². The van der Waals surface area contributed by atoms with E-state index in [4.69, 9.17) is 0 Å². The molecular formula is C17H13F3N6O3S. The Morgan fingerprint density at radius 3 is 2.57 bits per heavy atom. The molecule has 2 heterocycles. The molecule has 3 rings (SSSR count). The molecule has 0 atom stereocenters. The first-order valence-corrected chi connectivity index (χ1v) is 9.23. The number of benzene rings is 1. The molecule has 2 aromatic heterocycles. The lowest BCUT2D eigenvalue weighted by molar-refractivity contribution is -0.385. The number of nitrogens with one attached hydrogen (secondary N) is 1. The molecule has 3 aromatic rings. The third-order valence-corrected chi connectivity index (χ3v) is 4.92. The van der Waals surface area contributed by atoms with Crippen molar-refractivity contribution in [2.24, 2.45) is 7.05 Å². The number of pyridine rings is 1. The third-order valence-electron chi connectivity index (χ3n) is 3.90. The molecule has 0 saturated carbocycles. The molecule has 0 bridgehead atoms. The first kappa shape index (κ1) is 21.2. The molecule has 0 aliphatic carbocycles. The Kier molecular flexibility index (Phi) is 6.01. The third kappa shape index (κ3) is 4.74. The summed E-state index contributed by atoms with van der Waals surface area (Å²) in [5, 5.41) is 21.3. The van der Waals surface area contributed by atoms with Crippen molar-refractivity contribution in [1.82, 2.24) is 19.7 Å². The number of rotatable bonds is 6. The fraction of sp³-hybridized carbons (Fsp3) is 0.176. The average Bonchev–Trinajstić information content (AvgIpc) is 3.07. The Labute approximate surface area is 171 Å². The van der Waals surface area contributed by atoms with Gasteiger partial charge in [0.15, 0.2) is 11.0 Å². The molecule has 1 N–H and O–H groups in total. The second-order valence-electron chi connectivity index (χ2n) is 5.92. The quantitative estimate of drug-likeness (QED) is 0.356. The number of thioether (sulfide) groups is 1. The summed E-state index contributed by atoms with van der Waals surface area (Å²) in [7, 11) is 1.69. The van der Waals surface area contributed by atoms with Crippen LogP contribution in [-0.2, 0) is 18.0 Å². The SMILES string of the molecule is Cn1c(SCC(=O)Nc2ccc([N+](=O)[O-])cc2C(F)(F)F)nnc1-c1ccncc1. The normalized spacial score (nSPS) is 11.3. The van der Waals surface area contributed by atoms with E-state index in [0.717, 1.165) is 29.5 Å². The smallest absolute Gasteiger partial charge is 0.325 e. The van der Waals surface area contributed by atoms with Gasteiger partial charge in [-0.05, 0) is 18.2 Å². The van der Waals surface area contributed by atoms with E-state index in [-0.39, 0.29) is 5.75 Å². The summed E-state index contributed by atoms with van der Waals surface area (Å²) < 4.78 is 41.3. The van der Waals surface area contributed by atoms with Crippen LogP contribution in [0.15, 0.2) is 47.9 Å². The molecule has 0 aliphatic heterocycles. The van der Waals surface area contributed by atoms with Crippen LogP contribution in [0.25, 0.3) is 11.4 Å². The number of carbonyl (C=O) groups excluding carboxylic acids is 1. The van der Waals surface area contributed by atoms with Gasteiger partial charge in [0.2, 0.25) is 5.91 Å². The molecule has 156 valence electrons. The largest absolute Gasteiger partial charge is 0.418 e. The van der Waals surface area contributed by atoms with Gasteiger partial charge in [-0.3, -0.25) is 19.9 Å². The standard InChI is InChI=1S/C17H13F3N6O3S/c1-25-15(10-4-6-21-7-5-10)23-24-16(25)30-9-14(27)22-13-3-2-11(26(28)29)8-12(13)17(18,19)20/h2-8H,9H2,1H3,(H,22,27). The highest BCUT2D eigenvalue weighted by Gasteiger charge is 2.35. The number of non-ortho nitro benzene ring substituents is 1. The fourth-order valence-corrected chi connectivity index (χ4v) is 3.21. The van der Waals surface area contributed by atoms with Gasteiger partial charge in [-0.1, -0.05) is 11.8 Å². The van der Waals surface area contributed by atoms with Crippen LogP contribution in [0.2, 0.25) is 0 Å². The van der Waals surface area contributed by atoms with Crippen LogP contribution < -0.4 is 5.32 Å². The summed E-state index contributed by atoms with van der Waals surface area (Å²) in [6.45, 7) is 0. The minimum absolute atomic E-state index is 0.239. The van der Waals surface area contributed by atoms with E-state index in [1.54, 1.807) is 36.1 Å². The molecule has 0 spiro atoms. The summed E-state index contributed by atoms with van der Waals surface area (Å²) in [6.07, 6.45) is -1.69. The van der Waals surface area contributed by atoms with E-state index in [0.29, 0.717) is 17.0 Å². The predicted molar refractivity (Wildman–Crippen MR) is 102 cm³/mol. The minimum Gasteiger partial charge on any atom is -0.325 e. The monoisotopic (exact) mass is 438 g/mol. The number of anilines is 1. The molecule has 0 saturated heterocycles. The second kappa shape index (κ2) is 8.49. The first-order valence-electron chi connectivity index (χ1n) is 8.25. The number of halogens is 3. The summed E-state index contributed by atoms with van der Waals surface area (Å²) in [4.78, 5) is 25.9. The van der Waals surface area contributed by atoms with Gasteiger partial charge in [0.1, 0.15) is 0 Å². The summed E-state index contributed by atoms with van der Waals surface area (Å²) in [5.74, 6) is -0.431. The van der Waals surface area contributed by atoms with Gasteiger partial charge in [0.25, 0.3) is 5.69 Å². The van der Waals surface area contributed by atoms with Gasteiger partial charge < -0.3 is 9.88 Å². The van der Waals surface area contributed by atoms with E-state index in [1.807, 2.05) is 0 Å². The predicted octanol–water partition coefficient (Wildman–Crippen LogP) is 3.53. The Hall–Kier alpha value is -3.48. The number of hydrogen-bond acceptors (Lipinski definition) is 7. The van der Waals surface area contributed by atoms with E-state index < -0.39 is 33.9 Å². The van der Waals surface area contributed by atoms with Crippen molar-refractivity contribution in [3.63, 3.8) is 0 Å². The number of nitro benzene ring substituents is 1. The average molecular weight is 438 g/mol. The maximum Gasteiger partial charge on any atom is 0.418 e. The van der Waals surface area contributed by atoms with Crippen LogP contribution in [0.1, 0.15) is 5.56 Å². The van der Waals surface area contributed by atoms with Gasteiger partial charge in [-0.15, -0.1) is 10.2 Å². The molecule has 30 heavy (non-hydrogen) atoms. The molecule has 1 amide bonds. The second-order valence-corrected chi connectivity index (χ2v) is 6.87. The first-order chi connectivity index (χ1) is 14.2. The van der Waals surface area contributed by atoms with Crippen LogP contribution in [0.4, 0.5) is 24.5 Å². The number of nitrogens with zero attached hydrogens (tertiary/aromatic N) is 5. The Bertz CT molecular complexity index is 1090. The Morgan fingerprint density at radius 2 is 1.93 bits per heavy atom. The van der Waals surface area contributed by atoms with Gasteiger partial charge in [0.05, 0.1) is 21.9 Å². The molecule has 13 heteroatoms. The summed E-state index contributed by atoms with van der Waals surface area (Å²) in [5.41, 5.74) is -1.82. The van der Waals surface area contributed by atoms with E-state index in [9.17, 15) is 28.1 Å².